The summed E-state index contributed by atoms with van der Waals surface area (Å²) >= 11 is 0. The highest BCUT2D eigenvalue weighted by Crippen LogP contribution is 2.08. The van der Waals surface area contributed by atoms with Crippen molar-refractivity contribution < 1.29 is 9.15 Å². The van der Waals surface area contributed by atoms with Gasteiger partial charge in [0.05, 0.1) is 31.7 Å². The zero-order valence-corrected chi connectivity index (χ0v) is 20.4. The summed E-state index contributed by atoms with van der Waals surface area (Å²) in [5.41, 5.74) is 2.29. The van der Waals surface area contributed by atoms with Crippen LogP contribution in [0.15, 0.2) is 34.0 Å². The Labute approximate surface area is 196 Å². The Morgan fingerprint density at radius 1 is 1.23 bits per heavy atom. The van der Waals surface area contributed by atoms with E-state index in [-0.39, 0.29) is 24.0 Å². The molecule has 30 heavy (non-hydrogen) atoms. The molecule has 0 atom stereocenters. The molecule has 168 valence electrons. The van der Waals surface area contributed by atoms with Gasteiger partial charge in [-0.1, -0.05) is 6.92 Å². The van der Waals surface area contributed by atoms with Crippen LogP contribution in [-0.2, 0) is 31.2 Å². The van der Waals surface area contributed by atoms with Crippen molar-refractivity contribution >= 4 is 29.9 Å². The Hall–Kier alpha value is -1.59. The second kappa shape index (κ2) is 13.7. The number of hydrogen-bond donors (Lipinski definition) is 2. The van der Waals surface area contributed by atoms with Crippen molar-refractivity contribution in [2.75, 3.05) is 45.9 Å². The maximum atomic E-state index is 5.42. The molecular formula is C21H35IN6O2. The summed E-state index contributed by atoms with van der Waals surface area (Å²) in [5, 5.41) is 11.4. The molecule has 3 rings (SSSR count). The van der Waals surface area contributed by atoms with E-state index in [2.05, 4.69) is 33.8 Å². The zero-order chi connectivity index (χ0) is 20.3. The molecular weight excluding hydrogens is 495 g/mol. The topological polar surface area (TPSA) is 79.9 Å². The number of nitrogens with one attached hydrogen (secondary N) is 2. The van der Waals surface area contributed by atoms with E-state index in [1.165, 1.54) is 5.56 Å². The summed E-state index contributed by atoms with van der Waals surface area (Å²) in [5.74, 6) is 1.81. The van der Waals surface area contributed by atoms with Crippen molar-refractivity contribution in [1.29, 1.82) is 0 Å². The molecule has 0 saturated carbocycles. The smallest absolute Gasteiger partial charge is 0.191 e. The summed E-state index contributed by atoms with van der Waals surface area (Å²) in [6.07, 6.45) is 6.59. The van der Waals surface area contributed by atoms with Gasteiger partial charge >= 0.3 is 0 Å². The third kappa shape index (κ3) is 8.27. The fourth-order valence-corrected chi connectivity index (χ4v) is 3.45. The maximum absolute atomic E-state index is 5.42. The molecule has 1 aliphatic rings. The summed E-state index contributed by atoms with van der Waals surface area (Å²) in [4.78, 5) is 7.25. The quantitative estimate of drug-likeness (QED) is 0.212. The van der Waals surface area contributed by atoms with Crippen molar-refractivity contribution in [1.82, 2.24) is 25.3 Å². The third-order valence-corrected chi connectivity index (χ3v) is 5.03. The van der Waals surface area contributed by atoms with Crippen LogP contribution < -0.4 is 10.6 Å². The molecule has 0 aromatic carbocycles. The van der Waals surface area contributed by atoms with Crippen LogP contribution >= 0.6 is 24.0 Å². The van der Waals surface area contributed by atoms with E-state index in [0.717, 1.165) is 82.6 Å². The highest BCUT2D eigenvalue weighted by atomic mass is 127. The van der Waals surface area contributed by atoms with Gasteiger partial charge in [0.1, 0.15) is 5.76 Å². The Kier molecular flexibility index (Phi) is 11.2. The highest BCUT2D eigenvalue weighted by Gasteiger charge is 2.10. The van der Waals surface area contributed by atoms with Crippen LogP contribution in [0.2, 0.25) is 0 Å². The predicted octanol–water partition coefficient (Wildman–Crippen LogP) is 2.19. The molecule has 9 heteroatoms. The number of guanidine groups is 1. The lowest BCUT2D eigenvalue weighted by Crippen LogP contribution is -2.41. The van der Waals surface area contributed by atoms with Crippen LogP contribution in [0.25, 0.3) is 0 Å². The van der Waals surface area contributed by atoms with Crippen LogP contribution in [-0.4, -0.2) is 66.6 Å². The van der Waals surface area contributed by atoms with E-state index in [4.69, 9.17) is 14.1 Å². The number of ether oxygens (including phenoxy) is 1. The number of morpholine rings is 1. The van der Waals surface area contributed by atoms with E-state index < -0.39 is 0 Å². The molecule has 2 aromatic rings. The monoisotopic (exact) mass is 530 g/mol. The van der Waals surface area contributed by atoms with Gasteiger partial charge in [0.25, 0.3) is 0 Å². The first-order chi connectivity index (χ1) is 14.2. The lowest BCUT2D eigenvalue weighted by Gasteiger charge is -2.26. The van der Waals surface area contributed by atoms with Crippen LogP contribution in [0.4, 0.5) is 0 Å². The molecule has 0 bridgehead atoms. The number of rotatable bonds is 10. The van der Waals surface area contributed by atoms with Gasteiger partial charge in [-0.15, -0.1) is 24.0 Å². The summed E-state index contributed by atoms with van der Waals surface area (Å²) in [6, 6.07) is 3.92. The van der Waals surface area contributed by atoms with E-state index >= 15 is 0 Å². The van der Waals surface area contributed by atoms with Gasteiger partial charge in [0.2, 0.25) is 0 Å². The van der Waals surface area contributed by atoms with Gasteiger partial charge in [-0.25, -0.2) is 4.99 Å². The molecule has 0 aliphatic carbocycles. The van der Waals surface area contributed by atoms with E-state index in [9.17, 15) is 0 Å². The number of halogens is 1. The van der Waals surface area contributed by atoms with Crippen molar-refractivity contribution in [3.8, 4) is 0 Å². The van der Waals surface area contributed by atoms with Crippen LogP contribution in [0, 0.1) is 0 Å². The first kappa shape index (κ1) is 24.7. The van der Waals surface area contributed by atoms with E-state index in [0.29, 0.717) is 6.54 Å². The van der Waals surface area contributed by atoms with Crippen LogP contribution in [0.5, 0.6) is 0 Å². The van der Waals surface area contributed by atoms with Gasteiger partial charge < -0.3 is 19.8 Å². The maximum Gasteiger partial charge on any atom is 0.191 e. The van der Waals surface area contributed by atoms with E-state index in [1.807, 2.05) is 23.9 Å². The van der Waals surface area contributed by atoms with Gasteiger partial charge in [-0.2, -0.15) is 5.10 Å². The van der Waals surface area contributed by atoms with Crippen LogP contribution in [0.3, 0.4) is 0 Å². The molecule has 0 unspecified atom stereocenters. The largest absolute Gasteiger partial charge is 0.469 e. The lowest BCUT2D eigenvalue weighted by molar-refractivity contribution is 0.0376. The minimum Gasteiger partial charge on any atom is -0.469 e. The number of aromatic nitrogens is 2. The Morgan fingerprint density at radius 2 is 2.03 bits per heavy atom. The number of nitrogens with zero attached hydrogens (tertiary/aromatic N) is 4. The number of furan rings is 1. The second-order valence-corrected chi connectivity index (χ2v) is 7.28. The van der Waals surface area contributed by atoms with E-state index in [1.54, 1.807) is 6.26 Å². The molecule has 1 saturated heterocycles. The fourth-order valence-electron chi connectivity index (χ4n) is 3.45. The Bertz CT molecular complexity index is 741. The zero-order valence-electron chi connectivity index (χ0n) is 18.1. The minimum atomic E-state index is 0. The average Bonchev–Trinajstić information content (AvgIpc) is 3.38. The van der Waals surface area contributed by atoms with Gasteiger partial charge in [-0.3, -0.25) is 9.58 Å². The fraction of sp³-hybridized carbons (Fsp3) is 0.619. The molecule has 1 aliphatic heterocycles. The van der Waals surface area contributed by atoms with Gasteiger partial charge in [0, 0.05) is 51.4 Å². The summed E-state index contributed by atoms with van der Waals surface area (Å²) in [6.45, 7) is 9.25. The Morgan fingerprint density at radius 3 is 2.77 bits per heavy atom. The van der Waals surface area contributed by atoms with Gasteiger partial charge in [-0.05, 0) is 31.5 Å². The molecule has 0 spiro atoms. The molecule has 3 heterocycles. The average molecular weight is 530 g/mol. The van der Waals surface area contributed by atoms with Crippen LogP contribution in [0.1, 0.15) is 30.4 Å². The first-order valence-electron chi connectivity index (χ1n) is 10.6. The molecule has 1 fully saturated rings. The number of aliphatic imine (C=N–C) groups is 1. The first-order valence-corrected chi connectivity index (χ1v) is 10.6. The lowest BCUT2D eigenvalue weighted by atomic mass is 10.2. The standard InChI is InChI=1S/C21H34N6O2.HI/c1-3-20-18(17-26(2)25-20)16-24-21(23-9-7-19-6-4-13-29-19)22-8-5-10-27-11-14-28-15-12-27;/h4,6,13,17H,3,5,7-12,14-16H2,1-2H3,(H2,22,23,24);1H. The summed E-state index contributed by atoms with van der Waals surface area (Å²) in [7, 11) is 1.96. The van der Waals surface area contributed by atoms with Gasteiger partial charge in [0.15, 0.2) is 5.96 Å². The molecule has 8 nitrogen and oxygen atoms in total. The number of hydrogen-bond acceptors (Lipinski definition) is 5. The summed E-state index contributed by atoms with van der Waals surface area (Å²) < 4.78 is 12.7. The van der Waals surface area contributed by atoms with Crippen molar-refractivity contribution in [3.63, 3.8) is 0 Å². The Balaban J connectivity index is 0.00000320. The van der Waals surface area contributed by atoms with Crippen molar-refractivity contribution in [3.05, 3.63) is 41.6 Å². The van der Waals surface area contributed by atoms with Crippen molar-refractivity contribution in [2.45, 2.75) is 32.7 Å². The van der Waals surface area contributed by atoms with Crippen molar-refractivity contribution in [2.24, 2.45) is 12.0 Å². The molecule has 2 N–H and O–H groups in total. The predicted molar refractivity (Wildman–Crippen MR) is 129 cm³/mol. The highest BCUT2D eigenvalue weighted by molar-refractivity contribution is 14.0. The third-order valence-electron chi connectivity index (χ3n) is 5.03. The number of aryl methyl sites for hydroxylation is 2. The minimum absolute atomic E-state index is 0. The molecule has 0 amide bonds. The molecule has 0 radical (unpaired) electrons. The normalized spacial score (nSPS) is 15.1. The molecule has 2 aromatic heterocycles. The second-order valence-electron chi connectivity index (χ2n) is 7.28. The SMILES string of the molecule is CCc1nn(C)cc1CN=C(NCCCN1CCOCC1)NCCc1ccco1.I.